The fraction of sp³-hybridized carbons (Fsp3) is 0.0667. The van der Waals surface area contributed by atoms with Gasteiger partial charge in [0.25, 0.3) is 5.91 Å². The molecule has 0 aliphatic rings. The van der Waals surface area contributed by atoms with Crippen LogP contribution in [0.4, 0.5) is 11.4 Å². The summed E-state index contributed by atoms with van der Waals surface area (Å²) >= 11 is 6.01. The number of carbonyl (C=O) groups is 1. The zero-order chi connectivity index (χ0) is 15.4. The maximum absolute atomic E-state index is 12.2. The molecule has 0 fully saturated rings. The van der Waals surface area contributed by atoms with E-state index in [-0.39, 0.29) is 10.9 Å². The second kappa shape index (κ2) is 6.16. The lowest BCUT2D eigenvalue weighted by Crippen LogP contribution is -2.14. The van der Waals surface area contributed by atoms with Crippen LogP contribution in [-0.2, 0) is 0 Å². The van der Waals surface area contributed by atoms with E-state index >= 15 is 0 Å². The van der Waals surface area contributed by atoms with E-state index in [4.69, 9.17) is 27.3 Å². The van der Waals surface area contributed by atoms with E-state index < -0.39 is 0 Å². The first-order valence-corrected chi connectivity index (χ1v) is 6.37. The molecule has 0 unspecified atom stereocenters. The molecule has 5 nitrogen and oxygen atoms in total. The number of halogens is 1. The molecule has 0 saturated carbocycles. The predicted octanol–water partition coefficient (Wildman–Crippen LogP) is 3.05. The van der Waals surface area contributed by atoms with Gasteiger partial charge in [-0.1, -0.05) is 11.6 Å². The van der Waals surface area contributed by atoms with Crippen LogP contribution in [0.1, 0.15) is 15.9 Å². The Morgan fingerprint density at radius 3 is 2.67 bits per heavy atom. The maximum Gasteiger partial charge on any atom is 0.257 e. The quantitative estimate of drug-likeness (QED) is 0.853. The summed E-state index contributed by atoms with van der Waals surface area (Å²) in [5, 5.41) is 11.7. The average Bonchev–Trinajstić information content (AvgIpc) is 2.48. The molecule has 0 radical (unpaired) electrons. The van der Waals surface area contributed by atoms with Gasteiger partial charge in [0.2, 0.25) is 0 Å². The molecule has 0 aliphatic carbocycles. The van der Waals surface area contributed by atoms with Crippen molar-refractivity contribution in [1.29, 1.82) is 5.26 Å². The molecular weight excluding hydrogens is 290 g/mol. The van der Waals surface area contributed by atoms with Gasteiger partial charge in [0.05, 0.1) is 35.0 Å². The van der Waals surface area contributed by atoms with Gasteiger partial charge >= 0.3 is 0 Å². The van der Waals surface area contributed by atoms with Gasteiger partial charge in [-0.15, -0.1) is 0 Å². The number of nitrogens with one attached hydrogen (secondary N) is 1. The van der Waals surface area contributed by atoms with E-state index in [1.54, 1.807) is 30.3 Å². The number of benzene rings is 2. The van der Waals surface area contributed by atoms with Crippen LogP contribution in [0.25, 0.3) is 0 Å². The lowest BCUT2D eigenvalue weighted by atomic mass is 10.1. The standard InChI is InChI=1S/C15H12ClN3O2/c1-21-10-3-4-11(13(18)7-10)15(20)19-14-5-2-9(8-17)6-12(14)16/h2-7H,18H2,1H3,(H,19,20). The Morgan fingerprint density at radius 2 is 2.10 bits per heavy atom. The number of hydrogen-bond donors (Lipinski definition) is 2. The van der Waals surface area contributed by atoms with Crippen molar-refractivity contribution < 1.29 is 9.53 Å². The van der Waals surface area contributed by atoms with Gasteiger partial charge in [0, 0.05) is 11.8 Å². The Balaban J connectivity index is 2.24. The summed E-state index contributed by atoms with van der Waals surface area (Å²) in [4.78, 5) is 12.2. The highest BCUT2D eigenvalue weighted by molar-refractivity contribution is 6.34. The Labute approximate surface area is 126 Å². The summed E-state index contributed by atoms with van der Waals surface area (Å²) in [6.07, 6.45) is 0. The van der Waals surface area contributed by atoms with E-state index in [2.05, 4.69) is 5.32 Å². The van der Waals surface area contributed by atoms with Gasteiger partial charge in [-0.2, -0.15) is 5.26 Å². The van der Waals surface area contributed by atoms with Crippen LogP contribution in [0.5, 0.6) is 5.75 Å². The fourth-order valence-electron chi connectivity index (χ4n) is 1.75. The van der Waals surface area contributed by atoms with Gasteiger partial charge in [-0.25, -0.2) is 0 Å². The summed E-state index contributed by atoms with van der Waals surface area (Å²) in [5.41, 5.74) is 7.27. The number of hydrogen-bond acceptors (Lipinski definition) is 4. The van der Waals surface area contributed by atoms with Gasteiger partial charge in [0.15, 0.2) is 0 Å². The molecule has 0 atom stereocenters. The lowest BCUT2D eigenvalue weighted by molar-refractivity contribution is 0.102. The van der Waals surface area contributed by atoms with Crippen molar-refractivity contribution in [3.05, 3.63) is 52.5 Å². The van der Waals surface area contributed by atoms with Crippen LogP contribution in [0.2, 0.25) is 5.02 Å². The number of carbonyl (C=O) groups excluding carboxylic acids is 1. The van der Waals surface area contributed by atoms with Gasteiger partial charge in [-0.3, -0.25) is 4.79 Å². The van der Waals surface area contributed by atoms with Crippen molar-refractivity contribution in [1.82, 2.24) is 0 Å². The lowest BCUT2D eigenvalue weighted by Gasteiger charge is -2.10. The van der Waals surface area contributed by atoms with E-state index in [1.165, 1.54) is 13.2 Å². The zero-order valence-electron chi connectivity index (χ0n) is 11.2. The molecule has 0 heterocycles. The molecule has 0 bridgehead atoms. The van der Waals surface area contributed by atoms with Crippen LogP contribution < -0.4 is 15.8 Å². The number of nitrogen functional groups attached to an aromatic ring is 1. The van der Waals surface area contributed by atoms with Crippen molar-refractivity contribution >= 4 is 28.9 Å². The molecule has 2 aromatic rings. The topological polar surface area (TPSA) is 88.1 Å². The van der Waals surface area contributed by atoms with Crippen LogP contribution in [0.3, 0.4) is 0 Å². The van der Waals surface area contributed by atoms with Crippen LogP contribution in [0, 0.1) is 11.3 Å². The summed E-state index contributed by atoms with van der Waals surface area (Å²) in [6.45, 7) is 0. The SMILES string of the molecule is COc1ccc(C(=O)Nc2ccc(C#N)cc2Cl)c(N)c1. The highest BCUT2D eigenvalue weighted by Gasteiger charge is 2.12. The Bertz CT molecular complexity index is 738. The number of ether oxygens (including phenoxy) is 1. The Kier molecular flexibility index (Phi) is 4.31. The minimum absolute atomic E-state index is 0.287. The second-order valence-electron chi connectivity index (χ2n) is 4.21. The number of nitrogens with zero attached hydrogens (tertiary/aromatic N) is 1. The molecule has 0 spiro atoms. The molecule has 0 saturated heterocycles. The summed E-state index contributed by atoms with van der Waals surface area (Å²) in [5.74, 6) is 0.183. The molecule has 21 heavy (non-hydrogen) atoms. The summed E-state index contributed by atoms with van der Waals surface area (Å²) in [6, 6.07) is 11.4. The Morgan fingerprint density at radius 1 is 1.33 bits per heavy atom. The molecule has 2 rings (SSSR count). The average molecular weight is 302 g/mol. The third-order valence-electron chi connectivity index (χ3n) is 2.85. The van der Waals surface area contributed by atoms with E-state index in [0.717, 1.165) is 0 Å². The first kappa shape index (κ1) is 14.7. The number of rotatable bonds is 3. The molecule has 106 valence electrons. The smallest absolute Gasteiger partial charge is 0.257 e. The fourth-order valence-corrected chi connectivity index (χ4v) is 1.98. The normalized spacial score (nSPS) is 9.76. The van der Waals surface area contributed by atoms with Gasteiger partial charge in [-0.05, 0) is 30.3 Å². The molecule has 0 aliphatic heterocycles. The van der Waals surface area contributed by atoms with Crippen LogP contribution in [-0.4, -0.2) is 13.0 Å². The largest absolute Gasteiger partial charge is 0.497 e. The molecule has 2 aromatic carbocycles. The highest BCUT2D eigenvalue weighted by atomic mass is 35.5. The summed E-state index contributed by atoms with van der Waals surface area (Å²) < 4.78 is 5.03. The van der Waals surface area contributed by atoms with E-state index in [9.17, 15) is 4.79 Å². The molecule has 1 amide bonds. The molecule has 0 aromatic heterocycles. The number of anilines is 2. The third-order valence-corrected chi connectivity index (χ3v) is 3.16. The minimum atomic E-state index is -0.387. The molecule has 3 N–H and O–H groups in total. The number of nitrogens with two attached hydrogens (primary N) is 1. The predicted molar refractivity (Wildman–Crippen MR) is 81.5 cm³/mol. The van der Waals surface area contributed by atoms with Gasteiger partial charge < -0.3 is 15.8 Å². The molecular formula is C15H12ClN3O2. The van der Waals surface area contributed by atoms with Crippen molar-refractivity contribution in [3.8, 4) is 11.8 Å². The first-order valence-electron chi connectivity index (χ1n) is 5.99. The van der Waals surface area contributed by atoms with Crippen molar-refractivity contribution in [2.45, 2.75) is 0 Å². The van der Waals surface area contributed by atoms with Crippen molar-refractivity contribution in [2.24, 2.45) is 0 Å². The number of nitriles is 1. The first-order chi connectivity index (χ1) is 10.0. The maximum atomic E-state index is 12.2. The summed E-state index contributed by atoms with van der Waals surface area (Å²) in [7, 11) is 1.52. The number of amides is 1. The highest BCUT2D eigenvalue weighted by Crippen LogP contribution is 2.25. The minimum Gasteiger partial charge on any atom is -0.497 e. The van der Waals surface area contributed by atoms with Crippen LogP contribution >= 0.6 is 11.6 Å². The van der Waals surface area contributed by atoms with Gasteiger partial charge in [0.1, 0.15) is 5.75 Å². The second-order valence-corrected chi connectivity index (χ2v) is 4.62. The van der Waals surface area contributed by atoms with E-state index in [0.29, 0.717) is 28.3 Å². The van der Waals surface area contributed by atoms with Crippen molar-refractivity contribution in [2.75, 3.05) is 18.2 Å². The van der Waals surface area contributed by atoms with Crippen molar-refractivity contribution in [3.63, 3.8) is 0 Å². The third kappa shape index (κ3) is 3.25. The number of methoxy groups -OCH3 is 1. The van der Waals surface area contributed by atoms with E-state index in [1.807, 2.05) is 6.07 Å². The van der Waals surface area contributed by atoms with Crippen LogP contribution in [0.15, 0.2) is 36.4 Å². The Hall–Kier alpha value is -2.71. The monoisotopic (exact) mass is 301 g/mol. The zero-order valence-corrected chi connectivity index (χ0v) is 11.9. The molecule has 6 heteroatoms.